The first-order valence-electron chi connectivity index (χ1n) is 8.40. The maximum atomic E-state index is 12.8. The minimum atomic E-state index is -0.418. The lowest BCUT2D eigenvalue weighted by Crippen LogP contribution is -2.35. The highest BCUT2D eigenvalue weighted by atomic mass is 16.5. The van der Waals surface area contributed by atoms with Crippen LogP contribution in [-0.2, 0) is 4.79 Å². The fourth-order valence-electron chi connectivity index (χ4n) is 2.73. The Hall–Kier alpha value is -2.14. The molecule has 0 aromatic heterocycles. The monoisotopic (exact) mass is 330 g/mol. The second kappa shape index (κ2) is 8.64. The molecular formula is C19H26N2O3. The summed E-state index contributed by atoms with van der Waals surface area (Å²) in [7, 11) is 0. The van der Waals surface area contributed by atoms with Crippen molar-refractivity contribution in [2.45, 2.75) is 27.2 Å². The van der Waals surface area contributed by atoms with Gasteiger partial charge < -0.3 is 9.64 Å². The molecule has 1 aromatic rings. The van der Waals surface area contributed by atoms with Crippen LogP contribution in [0.1, 0.15) is 37.6 Å². The summed E-state index contributed by atoms with van der Waals surface area (Å²) >= 11 is 0. The first-order chi connectivity index (χ1) is 11.5. The SMILES string of the molecule is CC(=O)Oc1ccccc1C(=O)N1CCCN(CC=C(C)C)CC1. The number of ether oxygens (including phenoxy) is 1. The molecule has 0 bridgehead atoms. The second-order valence-electron chi connectivity index (χ2n) is 6.32. The molecule has 0 radical (unpaired) electrons. The van der Waals surface area contributed by atoms with E-state index in [0.29, 0.717) is 17.9 Å². The van der Waals surface area contributed by atoms with Crippen molar-refractivity contribution >= 4 is 11.9 Å². The van der Waals surface area contributed by atoms with Gasteiger partial charge in [-0.2, -0.15) is 0 Å². The van der Waals surface area contributed by atoms with Gasteiger partial charge in [-0.25, -0.2) is 0 Å². The molecule has 1 heterocycles. The summed E-state index contributed by atoms with van der Waals surface area (Å²) in [5, 5.41) is 0. The molecule has 1 aliphatic heterocycles. The number of carbonyl (C=O) groups excluding carboxylic acids is 2. The maximum absolute atomic E-state index is 12.8. The number of carbonyl (C=O) groups is 2. The summed E-state index contributed by atoms with van der Waals surface area (Å²) in [5.74, 6) is -0.157. The molecule has 130 valence electrons. The highest BCUT2D eigenvalue weighted by Crippen LogP contribution is 2.21. The van der Waals surface area contributed by atoms with Gasteiger partial charge >= 0.3 is 5.97 Å². The molecule has 0 saturated carbocycles. The fraction of sp³-hybridized carbons (Fsp3) is 0.474. The number of hydrogen-bond donors (Lipinski definition) is 0. The standard InChI is InChI=1S/C19H26N2O3/c1-15(2)9-12-20-10-6-11-21(14-13-20)19(23)17-7-4-5-8-18(17)24-16(3)22/h4-5,7-9H,6,10-14H2,1-3H3. The molecule has 0 spiro atoms. The average Bonchev–Trinajstić information content (AvgIpc) is 2.78. The molecule has 1 aliphatic rings. The predicted octanol–water partition coefficient (Wildman–Crippen LogP) is 2.73. The largest absolute Gasteiger partial charge is 0.426 e. The molecule has 5 nitrogen and oxygen atoms in total. The van der Waals surface area contributed by atoms with E-state index < -0.39 is 5.97 Å². The summed E-state index contributed by atoms with van der Waals surface area (Å²) in [6, 6.07) is 6.93. The average molecular weight is 330 g/mol. The molecule has 0 N–H and O–H groups in total. The second-order valence-corrected chi connectivity index (χ2v) is 6.32. The Kier molecular flexibility index (Phi) is 6.55. The molecule has 0 aliphatic carbocycles. The first-order valence-corrected chi connectivity index (χ1v) is 8.40. The van der Waals surface area contributed by atoms with Crippen molar-refractivity contribution in [2.75, 3.05) is 32.7 Å². The van der Waals surface area contributed by atoms with E-state index in [0.717, 1.165) is 32.6 Å². The van der Waals surface area contributed by atoms with Crippen LogP contribution in [0.25, 0.3) is 0 Å². The Morgan fingerprint density at radius 2 is 1.83 bits per heavy atom. The highest BCUT2D eigenvalue weighted by Gasteiger charge is 2.22. The zero-order valence-electron chi connectivity index (χ0n) is 14.7. The van der Waals surface area contributed by atoms with E-state index in [1.807, 2.05) is 4.90 Å². The lowest BCUT2D eigenvalue weighted by Gasteiger charge is -2.22. The summed E-state index contributed by atoms with van der Waals surface area (Å²) in [6.45, 7) is 9.70. The predicted molar refractivity (Wildman–Crippen MR) is 94.1 cm³/mol. The number of esters is 1. The Bertz CT molecular complexity index is 621. The summed E-state index contributed by atoms with van der Waals surface area (Å²) in [5.41, 5.74) is 1.76. The third kappa shape index (κ3) is 5.20. The molecule has 0 atom stereocenters. The van der Waals surface area contributed by atoms with Gasteiger partial charge in [0.1, 0.15) is 5.75 Å². The van der Waals surface area contributed by atoms with Gasteiger partial charge in [0.2, 0.25) is 0 Å². The van der Waals surface area contributed by atoms with Crippen LogP contribution in [0.2, 0.25) is 0 Å². The van der Waals surface area contributed by atoms with E-state index in [-0.39, 0.29) is 5.91 Å². The number of nitrogens with zero attached hydrogens (tertiary/aromatic N) is 2. The lowest BCUT2D eigenvalue weighted by atomic mass is 10.1. The van der Waals surface area contributed by atoms with Crippen molar-refractivity contribution in [1.82, 2.24) is 9.80 Å². The first kappa shape index (κ1) is 18.2. The Labute approximate surface area is 143 Å². The van der Waals surface area contributed by atoms with Gasteiger partial charge in [0, 0.05) is 39.6 Å². The summed E-state index contributed by atoms with van der Waals surface area (Å²) < 4.78 is 5.17. The summed E-state index contributed by atoms with van der Waals surface area (Å²) in [4.78, 5) is 28.3. The van der Waals surface area contributed by atoms with Crippen LogP contribution in [0.4, 0.5) is 0 Å². The van der Waals surface area contributed by atoms with Crippen LogP contribution < -0.4 is 4.74 Å². The number of amides is 1. The third-order valence-electron chi connectivity index (χ3n) is 4.00. The smallest absolute Gasteiger partial charge is 0.308 e. The van der Waals surface area contributed by atoms with Crippen molar-refractivity contribution in [3.8, 4) is 5.75 Å². The molecule has 1 fully saturated rings. The van der Waals surface area contributed by atoms with Crippen LogP contribution in [0, 0.1) is 0 Å². The van der Waals surface area contributed by atoms with Gasteiger partial charge in [-0.15, -0.1) is 0 Å². The minimum Gasteiger partial charge on any atom is -0.426 e. The zero-order chi connectivity index (χ0) is 17.5. The minimum absolute atomic E-state index is 0.0732. The number of hydrogen-bond acceptors (Lipinski definition) is 4. The Morgan fingerprint density at radius 1 is 1.08 bits per heavy atom. The van der Waals surface area contributed by atoms with Crippen molar-refractivity contribution in [3.05, 3.63) is 41.5 Å². The van der Waals surface area contributed by atoms with Crippen molar-refractivity contribution < 1.29 is 14.3 Å². The van der Waals surface area contributed by atoms with Crippen LogP contribution in [0.15, 0.2) is 35.9 Å². The Morgan fingerprint density at radius 3 is 2.54 bits per heavy atom. The van der Waals surface area contributed by atoms with Crippen molar-refractivity contribution in [1.29, 1.82) is 0 Å². The molecule has 1 aromatic carbocycles. The molecule has 24 heavy (non-hydrogen) atoms. The van der Waals surface area contributed by atoms with E-state index in [4.69, 9.17) is 4.74 Å². The Balaban J connectivity index is 2.05. The van der Waals surface area contributed by atoms with Gasteiger partial charge in [0.15, 0.2) is 0 Å². The zero-order valence-corrected chi connectivity index (χ0v) is 14.7. The fourth-order valence-corrected chi connectivity index (χ4v) is 2.73. The van der Waals surface area contributed by atoms with Crippen LogP contribution in [0.5, 0.6) is 5.75 Å². The molecule has 1 saturated heterocycles. The third-order valence-corrected chi connectivity index (χ3v) is 4.00. The van der Waals surface area contributed by atoms with Crippen molar-refractivity contribution in [3.63, 3.8) is 0 Å². The number of rotatable bonds is 4. The molecule has 1 amide bonds. The van der Waals surface area contributed by atoms with Gasteiger partial charge in [0.05, 0.1) is 5.56 Å². The summed E-state index contributed by atoms with van der Waals surface area (Å²) in [6.07, 6.45) is 3.16. The van der Waals surface area contributed by atoms with Crippen LogP contribution in [0.3, 0.4) is 0 Å². The number of para-hydroxylation sites is 1. The van der Waals surface area contributed by atoms with Crippen molar-refractivity contribution in [2.24, 2.45) is 0 Å². The number of allylic oxidation sites excluding steroid dienone is 1. The van der Waals surface area contributed by atoms with E-state index in [1.54, 1.807) is 24.3 Å². The topological polar surface area (TPSA) is 49.9 Å². The van der Waals surface area contributed by atoms with E-state index in [9.17, 15) is 9.59 Å². The quantitative estimate of drug-likeness (QED) is 0.484. The highest BCUT2D eigenvalue weighted by molar-refractivity contribution is 5.97. The molecule has 0 unspecified atom stereocenters. The van der Waals surface area contributed by atoms with Crippen LogP contribution in [-0.4, -0.2) is 54.4 Å². The molecule has 2 rings (SSSR count). The number of benzene rings is 1. The van der Waals surface area contributed by atoms with E-state index in [1.165, 1.54) is 12.5 Å². The lowest BCUT2D eigenvalue weighted by molar-refractivity contribution is -0.131. The normalized spacial score (nSPS) is 15.5. The molecule has 5 heteroatoms. The van der Waals surface area contributed by atoms with Gasteiger partial charge in [-0.1, -0.05) is 23.8 Å². The van der Waals surface area contributed by atoms with Gasteiger partial charge in [-0.3, -0.25) is 14.5 Å². The van der Waals surface area contributed by atoms with Gasteiger partial charge in [-0.05, 0) is 32.4 Å². The maximum Gasteiger partial charge on any atom is 0.308 e. The van der Waals surface area contributed by atoms with E-state index >= 15 is 0 Å². The van der Waals surface area contributed by atoms with Crippen LogP contribution >= 0.6 is 0 Å². The molecular weight excluding hydrogens is 304 g/mol. The van der Waals surface area contributed by atoms with E-state index in [2.05, 4.69) is 24.8 Å². The van der Waals surface area contributed by atoms with Gasteiger partial charge in [0.25, 0.3) is 5.91 Å².